The number of carbonyl (C=O) groups is 4. The minimum Gasteiger partial charge on any atom is -0.469 e. The molecule has 0 spiro atoms. The molecule has 0 aromatic carbocycles. The Morgan fingerprint density at radius 2 is 1.73 bits per heavy atom. The lowest BCUT2D eigenvalue weighted by molar-refractivity contribution is -0.153. The monoisotopic (exact) mass is 524 g/mol. The van der Waals surface area contributed by atoms with Crippen molar-refractivity contribution in [3.05, 3.63) is 11.6 Å². The number of allylic oxidation sites excluding steroid dienone is 1. The van der Waals surface area contributed by atoms with Crippen LogP contribution in [-0.2, 0) is 38.1 Å². The first kappa shape index (κ1) is 30.8. The van der Waals surface area contributed by atoms with Gasteiger partial charge in [0.15, 0.2) is 0 Å². The highest BCUT2D eigenvalue weighted by atomic mass is 16.6. The Balaban J connectivity index is 2.18. The Labute approximate surface area is 220 Å². The molecule has 0 bridgehead atoms. The summed E-state index contributed by atoms with van der Waals surface area (Å²) < 4.78 is 20.4. The number of methoxy groups -OCH3 is 1. The van der Waals surface area contributed by atoms with Gasteiger partial charge < -0.3 is 24.1 Å². The summed E-state index contributed by atoms with van der Waals surface area (Å²) in [4.78, 5) is 46.2. The molecule has 1 N–H and O–H groups in total. The average molecular weight is 525 g/mol. The number of aliphatic hydroxyl groups is 1. The highest BCUT2D eigenvalue weighted by Crippen LogP contribution is 2.62. The number of rotatable bonds is 12. The summed E-state index contributed by atoms with van der Waals surface area (Å²) >= 11 is 0. The molecule has 9 nitrogen and oxygen atoms in total. The van der Waals surface area contributed by atoms with Crippen LogP contribution in [0.15, 0.2) is 11.6 Å². The zero-order valence-electron chi connectivity index (χ0n) is 23.2. The van der Waals surface area contributed by atoms with Gasteiger partial charge in [0.1, 0.15) is 13.0 Å². The smallest absolute Gasteiger partial charge is 0.317 e. The number of ether oxygens (including phenoxy) is 4. The molecule has 2 rings (SSSR count). The van der Waals surface area contributed by atoms with Crippen LogP contribution in [0.2, 0.25) is 0 Å². The van der Waals surface area contributed by atoms with Gasteiger partial charge in [0, 0.05) is 13.8 Å². The predicted octanol–water partition coefficient (Wildman–Crippen LogP) is 3.76. The molecule has 0 aromatic heterocycles. The number of carbonyl (C=O) groups excluding carboxylic acids is 4. The van der Waals surface area contributed by atoms with Crippen molar-refractivity contribution in [3.8, 4) is 0 Å². The van der Waals surface area contributed by atoms with E-state index in [2.05, 4.69) is 31.6 Å². The Morgan fingerprint density at radius 1 is 1.05 bits per heavy atom. The van der Waals surface area contributed by atoms with Crippen LogP contribution in [0, 0.1) is 28.6 Å². The molecular weight excluding hydrogens is 480 g/mol. The molecule has 6 atom stereocenters. The summed E-state index contributed by atoms with van der Waals surface area (Å²) in [5.74, 6) is -1.66. The first-order valence-electron chi connectivity index (χ1n) is 13.2. The van der Waals surface area contributed by atoms with Gasteiger partial charge in [-0.1, -0.05) is 26.8 Å². The third-order valence-electron chi connectivity index (χ3n) is 8.75. The van der Waals surface area contributed by atoms with Gasteiger partial charge in [-0.2, -0.15) is 0 Å². The van der Waals surface area contributed by atoms with E-state index in [0.717, 1.165) is 31.3 Å². The fraction of sp³-hybridized carbons (Fsp3) is 0.786. The molecule has 0 amide bonds. The molecule has 9 heteroatoms. The topological polar surface area (TPSA) is 125 Å². The van der Waals surface area contributed by atoms with Gasteiger partial charge in [-0.25, -0.2) is 0 Å². The first-order chi connectivity index (χ1) is 17.3. The van der Waals surface area contributed by atoms with Crippen LogP contribution >= 0.6 is 0 Å². The second-order valence-corrected chi connectivity index (χ2v) is 11.1. The summed E-state index contributed by atoms with van der Waals surface area (Å²) in [7, 11) is 1.23. The number of hydrogen-bond acceptors (Lipinski definition) is 9. The van der Waals surface area contributed by atoms with Crippen LogP contribution in [0.4, 0.5) is 0 Å². The van der Waals surface area contributed by atoms with Gasteiger partial charge in [0.25, 0.3) is 0 Å². The quantitative estimate of drug-likeness (QED) is 0.176. The van der Waals surface area contributed by atoms with Crippen LogP contribution in [0.1, 0.15) is 79.6 Å². The van der Waals surface area contributed by atoms with Crippen LogP contribution in [0.3, 0.4) is 0 Å². The van der Waals surface area contributed by atoms with Crippen molar-refractivity contribution >= 4 is 23.9 Å². The van der Waals surface area contributed by atoms with Crippen LogP contribution < -0.4 is 0 Å². The van der Waals surface area contributed by atoms with Crippen molar-refractivity contribution in [1.82, 2.24) is 0 Å². The van der Waals surface area contributed by atoms with E-state index in [-0.39, 0.29) is 60.3 Å². The zero-order valence-corrected chi connectivity index (χ0v) is 23.2. The van der Waals surface area contributed by atoms with E-state index in [0.29, 0.717) is 12.8 Å². The van der Waals surface area contributed by atoms with Crippen molar-refractivity contribution in [2.24, 2.45) is 28.6 Å². The molecule has 0 saturated heterocycles. The SMILES string of the molecule is COC(=O)CC(=O)OCC1=CCC[C@@H]2[C@@](C)(CC[C@H](CCOC(C)=O)COC(C)=O)[C@H](C)[C@H](O)C[C@@]12C. The fourth-order valence-electron chi connectivity index (χ4n) is 6.35. The number of aliphatic hydroxyl groups excluding tert-OH is 1. The van der Waals surface area contributed by atoms with Crippen LogP contribution in [0.25, 0.3) is 0 Å². The molecule has 210 valence electrons. The van der Waals surface area contributed by atoms with Crippen molar-refractivity contribution in [2.75, 3.05) is 26.9 Å². The first-order valence-corrected chi connectivity index (χ1v) is 13.2. The highest BCUT2D eigenvalue weighted by molar-refractivity contribution is 5.91. The Kier molecular flexibility index (Phi) is 11.2. The lowest BCUT2D eigenvalue weighted by Crippen LogP contribution is -2.55. The maximum absolute atomic E-state index is 12.1. The average Bonchev–Trinajstić information content (AvgIpc) is 2.82. The molecule has 0 unspecified atom stereocenters. The Hall–Kier alpha value is -2.42. The maximum atomic E-state index is 12.1. The van der Waals surface area contributed by atoms with E-state index < -0.39 is 24.5 Å². The van der Waals surface area contributed by atoms with Crippen molar-refractivity contribution < 1.29 is 43.2 Å². The molecule has 2 aliphatic carbocycles. The van der Waals surface area contributed by atoms with E-state index in [4.69, 9.17) is 14.2 Å². The van der Waals surface area contributed by atoms with E-state index in [1.165, 1.54) is 21.0 Å². The van der Waals surface area contributed by atoms with E-state index in [1.54, 1.807) is 0 Å². The van der Waals surface area contributed by atoms with Crippen molar-refractivity contribution in [1.29, 1.82) is 0 Å². The summed E-state index contributed by atoms with van der Waals surface area (Å²) in [6.07, 6.45) is 5.63. The predicted molar refractivity (Wildman–Crippen MR) is 135 cm³/mol. The number of fused-ring (bicyclic) bond motifs is 1. The lowest BCUT2D eigenvalue weighted by Gasteiger charge is -2.60. The van der Waals surface area contributed by atoms with E-state index in [9.17, 15) is 24.3 Å². The van der Waals surface area contributed by atoms with Gasteiger partial charge in [-0.05, 0) is 72.7 Å². The largest absolute Gasteiger partial charge is 0.469 e. The summed E-state index contributed by atoms with van der Waals surface area (Å²) in [5.41, 5.74) is 0.385. The molecule has 0 aromatic rings. The normalized spacial score (nSPS) is 29.8. The molecule has 2 aliphatic rings. The lowest BCUT2D eigenvalue weighted by atomic mass is 9.46. The standard InChI is InChI=1S/C28H44O9/c1-18-23(31)15-28(5)22(17-37-26(33)14-25(32)34-6)8-7-9-24(28)27(18,4)12-10-21(16-36-20(3)30)11-13-35-19(2)29/h8,18,21,23-24,31H,7,9-17H2,1-6H3/t18-,21-,23-,24-,27+,28+/m1/s1. The van der Waals surface area contributed by atoms with E-state index in [1.807, 2.05) is 0 Å². The van der Waals surface area contributed by atoms with E-state index >= 15 is 0 Å². The Morgan fingerprint density at radius 3 is 2.35 bits per heavy atom. The molecule has 1 saturated carbocycles. The second kappa shape index (κ2) is 13.4. The fourth-order valence-corrected chi connectivity index (χ4v) is 6.35. The minimum absolute atomic E-state index is 0.0236. The molecule has 0 aliphatic heterocycles. The third-order valence-corrected chi connectivity index (χ3v) is 8.75. The van der Waals surface area contributed by atoms with Gasteiger partial charge in [0.2, 0.25) is 0 Å². The molecule has 0 radical (unpaired) electrons. The van der Waals surface area contributed by atoms with Gasteiger partial charge in [-0.3, -0.25) is 19.2 Å². The molecule has 1 fully saturated rings. The van der Waals surface area contributed by atoms with Crippen LogP contribution in [0.5, 0.6) is 0 Å². The van der Waals surface area contributed by atoms with Gasteiger partial charge in [-0.15, -0.1) is 0 Å². The second-order valence-electron chi connectivity index (χ2n) is 11.1. The highest BCUT2D eigenvalue weighted by Gasteiger charge is 2.57. The Bertz CT molecular complexity index is 866. The summed E-state index contributed by atoms with van der Waals surface area (Å²) in [5, 5.41) is 11.2. The van der Waals surface area contributed by atoms with Crippen LogP contribution in [-0.4, -0.2) is 62.0 Å². The zero-order chi connectivity index (χ0) is 27.8. The molecular formula is C28H44O9. The molecule has 0 heterocycles. The van der Waals surface area contributed by atoms with Gasteiger partial charge >= 0.3 is 23.9 Å². The molecule has 37 heavy (non-hydrogen) atoms. The third kappa shape index (κ3) is 8.03. The summed E-state index contributed by atoms with van der Waals surface area (Å²) in [6, 6.07) is 0. The van der Waals surface area contributed by atoms with Crippen molar-refractivity contribution in [2.45, 2.75) is 85.7 Å². The number of hydrogen-bond donors (Lipinski definition) is 1. The van der Waals surface area contributed by atoms with Crippen molar-refractivity contribution in [3.63, 3.8) is 0 Å². The minimum atomic E-state index is -0.641. The van der Waals surface area contributed by atoms with Gasteiger partial charge in [0.05, 0.1) is 26.4 Å². The maximum Gasteiger partial charge on any atom is 0.317 e. The number of esters is 4. The summed E-state index contributed by atoms with van der Waals surface area (Å²) in [6.45, 7) is 9.81.